The summed E-state index contributed by atoms with van der Waals surface area (Å²) in [6, 6.07) is 3.44. The first-order valence-electron chi connectivity index (χ1n) is 11.5. The lowest BCUT2D eigenvalue weighted by atomic mass is 9.69. The maximum absolute atomic E-state index is 12.9. The molecule has 4 amide bonds. The first kappa shape index (κ1) is 23.3. The van der Waals surface area contributed by atoms with Crippen molar-refractivity contribution in [2.75, 3.05) is 6.54 Å². The summed E-state index contributed by atoms with van der Waals surface area (Å²) in [6.07, 6.45) is 7.41. The molecule has 8 heteroatoms. The van der Waals surface area contributed by atoms with E-state index in [0.717, 1.165) is 38.5 Å². The van der Waals surface area contributed by atoms with E-state index in [1.807, 2.05) is 6.92 Å². The predicted molar refractivity (Wildman–Crippen MR) is 117 cm³/mol. The summed E-state index contributed by atoms with van der Waals surface area (Å²) in [5.74, 6) is 0.703. The summed E-state index contributed by atoms with van der Waals surface area (Å²) in [4.78, 5) is 39.8. The molecule has 2 heterocycles. The van der Waals surface area contributed by atoms with E-state index >= 15 is 0 Å². The minimum atomic E-state index is -0.530. The monoisotopic (exact) mass is 432 g/mol. The Labute approximate surface area is 184 Å². The van der Waals surface area contributed by atoms with Crippen LogP contribution in [0.15, 0.2) is 22.8 Å². The minimum Gasteiger partial charge on any atom is -0.467 e. The molecule has 0 radical (unpaired) electrons. The fourth-order valence-electron chi connectivity index (χ4n) is 5.01. The summed E-state index contributed by atoms with van der Waals surface area (Å²) in [7, 11) is 0. The van der Waals surface area contributed by atoms with Crippen LogP contribution in [0.4, 0.5) is 4.79 Å². The average Bonchev–Trinajstić information content (AvgIpc) is 3.27. The Morgan fingerprint density at radius 3 is 2.74 bits per heavy atom. The third-order valence-corrected chi connectivity index (χ3v) is 6.81. The topological polar surface area (TPSA) is 104 Å². The third kappa shape index (κ3) is 6.09. The molecular weight excluding hydrogens is 396 g/mol. The number of imide groups is 1. The SMILES string of the molecule is CC[C@H](C)NC(=O)[C@@H]1C[C@H](C)N(CC(=O)NC(=O)NCc2ccco2)[C@H]2CCCC[C@H]12. The molecule has 2 aliphatic rings. The van der Waals surface area contributed by atoms with Gasteiger partial charge < -0.3 is 15.1 Å². The lowest BCUT2D eigenvalue weighted by Gasteiger charge is -2.50. The van der Waals surface area contributed by atoms with E-state index < -0.39 is 6.03 Å². The second kappa shape index (κ2) is 10.8. The van der Waals surface area contributed by atoms with E-state index in [9.17, 15) is 14.4 Å². The number of furan rings is 1. The standard InChI is InChI=1S/C23H36N4O4/c1-4-15(2)25-22(29)19-12-16(3)27(20-10-6-5-9-18(19)20)14-21(28)26-23(30)24-13-17-8-7-11-31-17/h7-8,11,15-16,18-20H,4-6,9-10,12-14H2,1-3H3,(H,25,29)(H2,24,26,28,30)/t15-,16-,18+,19+,20-/m0/s1. The number of piperidine rings is 1. The fourth-order valence-corrected chi connectivity index (χ4v) is 5.01. The molecule has 1 aliphatic heterocycles. The molecule has 0 unspecified atom stereocenters. The third-order valence-electron chi connectivity index (χ3n) is 6.81. The highest BCUT2D eigenvalue weighted by molar-refractivity contribution is 5.95. The van der Waals surface area contributed by atoms with Gasteiger partial charge in [0.05, 0.1) is 19.4 Å². The Morgan fingerprint density at radius 1 is 1.26 bits per heavy atom. The summed E-state index contributed by atoms with van der Waals surface area (Å²) in [5.41, 5.74) is 0. The highest BCUT2D eigenvalue weighted by Gasteiger charge is 2.45. The molecule has 1 aromatic heterocycles. The zero-order valence-electron chi connectivity index (χ0n) is 18.9. The maximum Gasteiger partial charge on any atom is 0.321 e. The number of hydrogen-bond donors (Lipinski definition) is 3. The zero-order valence-corrected chi connectivity index (χ0v) is 18.9. The Bertz CT molecular complexity index is 751. The van der Waals surface area contributed by atoms with E-state index in [-0.39, 0.29) is 54.9 Å². The van der Waals surface area contributed by atoms with Gasteiger partial charge >= 0.3 is 6.03 Å². The number of amides is 4. The first-order valence-corrected chi connectivity index (χ1v) is 11.5. The van der Waals surface area contributed by atoms with Gasteiger partial charge in [-0.2, -0.15) is 0 Å². The maximum atomic E-state index is 12.9. The van der Waals surface area contributed by atoms with Gasteiger partial charge in [-0.25, -0.2) is 4.79 Å². The Hall–Kier alpha value is -2.35. The van der Waals surface area contributed by atoms with Crippen molar-refractivity contribution in [3.8, 4) is 0 Å². The average molecular weight is 433 g/mol. The van der Waals surface area contributed by atoms with Gasteiger partial charge in [0, 0.05) is 24.0 Å². The predicted octanol–water partition coefficient (Wildman–Crippen LogP) is 2.79. The number of urea groups is 1. The van der Waals surface area contributed by atoms with Gasteiger partial charge in [-0.1, -0.05) is 19.8 Å². The van der Waals surface area contributed by atoms with Crippen LogP contribution in [0.25, 0.3) is 0 Å². The van der Waals surface area contributed by atoms with Gasteiger partial charge in [0.25, 0.3) is 0 Å². The van der Waals surface area contributed by atoms with Gasteiger partial charge in [-0.15, -0.1) is 0 Å². The molecule has 0 aromatic carbocycles. The number of rotatable bonds is 7. The molecule has 1 aliphatic carbocycles. The Morgan fingerprint density at radius 2 is 2.03 bits per heavy atom. The van der Waals surface area contributed by atoms with Crippen molar-refractivity contribution in [2.45, 2.75) is 84.0 Å². The normalized spacial score (nSPS) is 27.1. The van der Waals surface area contributed by atoms with Crippen molar-refractivity contribution < 1.29 is 18.8 Å². The number of nitrogens with one attached hydrogen (secondary N) is 3. The molecule has 0 bridgehead atoms. The van der Waals surface area contributed by atoms with Crippen molar-refractivity contribution in [3.63, 3.8) is 0 Å². The van der Waals surface area contributed by atoms with Crippen molar-refractivity contribution in [3.05, 3.63) is 24.2 Å². The number of fused-ring (bicyclic) bond motifs is 1. The number of nitrogens with zero attached hydrogens (tertiary/aromatic N) is 1. The van der Waals surface area contributed by atoms with Crippen LogP contribution in [0, 0.1) is 11.8 Å². The molecule has 5 atom stereocenters. The van der Waals surface area contributed by atoms with Crippen molar-refractivity contribution >= 4 is 17.8 Å². The van der Waals surface area contributed by atoms with Crippen LogP contribution in [0.1, 0.15) is 65.1 Å². The molecule has 1 saturated heterocycles. The number of hydrogen-bond acceptors (Lipinski definition) is 5. The molecule has 3 N–H and O–H groups in total. The molecule has 8 nitrogen and oxygen atoms in total. The van der Waals surface area contributed by atoms with Crippen molar-refractivity contribution in [2.24, 2.45) is 11.8 Å². The quantitative estimate of drug-likeness (QED) is 0.615. The van der Waals surface area contributed by atoms with Crippen LogP contribution in [-0.2, 0) is 16.1 Å². The largest absolute Gasteiger partial charge is 0.467 e. The lowest BCUT2D eigenvalue weighted by Crippen LogP contribution is -2.60. The van der Waals surface area contributed by atoms with Crippen LogP contribution >= 0.6 is 0 Å². The number of carbonyl (C=O) groups is 3. The van der Waals surface area contributed by atoms with Crippen molar-refractivity contribution in [1.82, 2.24) is 20.9 Å². The van der Waals surface area contributed by atoms with Crippen LogP contribution in [0.5, 0.6) is 0 Å². The minimum absolute atomic E-state index is 0.00907. The second-order valence-corrected chi connectivity index (χ2v) is 9.01. The highest BCUT2D eigenvalue weighted by atomic mass is 16.3. The first-order chi connectivity index (χ1) is 14.9. The zero-order chi connectivity index (χ0) is 22.4. The van der Waals surface area contributed by atoms with Gasteiger partial charge in [0.15, 0.2) is 0 Å². The fraction of sp³-hybridized carbons (Fsp3) is 0.696. The highest BCUT2D eigenvalue weighted by Crippen LogP contribution is 2.41. The molecule has 0 spiro atoms. The molecule has 2 fully saturated rings. The Kier molecular flexibility index (Phi) is 8.12. The van der Waals surface area contributed by atoms with Gasteiger partial charge in [-0.05, 0) is 57.6 Å². The second-order valence-electron chi connectivity index (χ2n) is 9.01. The number of carbonyl (C=O) groups excluding carboxylic acids is 3. The van der Waals surface area contributed by atoms with E-state index in [4.69, 9.17) is 4.42 Å². The van der Waals surface area contributed by atoms with E-state index in [1.54, 1.807) is 12.1 Å². The molecule has 31 heavy (non-hydrogen) atoms. The van der Waals surface area contributed by atoms with Gasteiger partial charge in [0.2, 0.25) is 11.8 Å². The van der Waals surface area contributed by atoms with Crippen LogP contribution in [0.3, 0.4) is 0 Å². The van der Waals surface area contributed by atoms with E-state index in [0.29, 0.717) is 5.76 Å². The summed E-state index contributed by atoms with van der Waals surface area (Å²) >= 11 is 0. The molecule has 3 rings (SSSR count). The molecular formula is C23H36N4O4. The molecule has 172 valence electrons. The van der Waals surface area contributed by atoms with E-state index in [1.165, 1.54) is 6.26 Å². The van der Waals surface area contributed by atoms with Crippen LogP contribution in [-0.4, -0.2) is 47.4 Å². The van der Waals surface area contributed by atoms with Gasteiger partial charge in [0.1, 0.15) is 5.76 Å². The van der Waals surface area contributed by atoms with Crippen LogP contribution in [0.2, 0.25) is 0 Å². The molecule has 1 saturated carbocycles. The van der Waals surface area contributed by atoms with E-state index in [2.05, 4.69) is 34.7 Å². The molecule has 1 aromatic rings. The Balaban J connectivity index is 1.57. The van der Waals surface area contributed by atoms with Crippen LogP contribution < -0.4 is 16.0 Å². The summed E-state index contributed by atoms with van der Waals surface area (Å²) in [6.45, 7) is 6.58. The van der Waals surface area contributed by atoms with Gasteiger partial charge in [-0.3, -0.25) is 19.8 Å². The summed E-state index contributed by atoms with van der Waals surface area (Å²) < 4.78 is 5.18. The van der Waals surface area contributed by atoms with Crippen molar-refractivity contribution in [1.29, 1.82) is 0 Å². The smallest absolute Gasteiger partial charge is 0.321 e. The summed E-state index contributed by atoms with van der Waals surface area (Å²) in [5, 5.41) is 8.21. The lowest BCUT2D eigenvalue weighted by molar-refractivity contribution is -0.135. The number of likely N-dealkylation sites (tertiary alicyclic amines) is 1.